The largest absolute Gasteiger partial charge is 0.493 e. The van der Waals surface area contributed by atoms with Crippen LogP contribution in [0.1, 0.15) is 11.1 Å². The minimum atomic E-state index is 0.799. The highest BCUT2D eigenvalue weighted by molar-refractivity contribution is 9.10. The number of hydrogen-bond acceptors (Lipinski definition) is 4. The molecule has 2 rings (SSSR count). The van der Waals surface area contributed by atoms with Gasteiger partial charge < -0.3 is 14.4 Å². The zero-order valence-electron chi connectivity index (χ0n) is 12.7. The number of likely N-dealkylation sites (N-methyl/N-ethyl adjacent to an activating group) is 1. The Labute approximate surface area is 129 Å². The molecule has 0 bridgehead atoms. The van der Waals surface area contributed by atoms with E-state index in [-0.39, 0.29) is 0 Å². The Hall–Kier alpha value is -0.780. The lowest BCUT2D eigenvalue weighted by molar-refractivity contribution is 0.224. The van der Waals surface area contributed by atoms with Crippen LogP contribution in [-0.4, -0.2) is 57.7 Å². The van der Waals surface area contributed by atoms with Crippen LogP contribution in [0.25, 0.3) is 0 Å². The Morgan fingerprint density at radius 3 is 2.65 bits per heavy atom. The first-order chi connectivity index (χ1) is 9.56. The highest BCUT2D eigenvalue weighted by Gasteiger charge is 2.23. The summed E-state index contributed by atoms with van der Waals surface area (Å²) in [4.78, 5) is 4.71. The maximum Gasteiger partial charge on any atom is 0.175 e. The first kappa shape index (κ1) is 15.6. The molecule has 112 valence electrons. The standard InChI is InChI=1S/C15H23BrN2O2/c1-17(2)7-8-18-6-5-12-11(10-18)9-13(19-3)15(20-4)14(12)16/h9H,5-8,10H2,1-4H3. The van der Waals surface area contributed by atoms with Crippen molar-refractivity contribution in [1.29, 1.82) is 0 Å². The lowest BCUT2D eigenvalue weighted by Gasteiger charge is -2.31. The van der Waals surface area contributed by atoms with Crippen LogP contribution in [-0.2, 0) is 13.0 Å². The van der Waals surface area contributed by atoms with Crippen molar-refractivity contribution in [2.24, 2.45) is 0 Å². The van der Waals surface area contributed by atoms with E-state index in [1.54, 1.807) is 14.2 Å². The molecule has 0 radical (unpaired) electrons. The number of rotatable bonds is 5. The van der Waals surface area contributed by atoms with Crippen molar-refractivity contribution in [2.45, 2.75) is 13.0 Å². The molecular weight excluding hydrogens is 320 g/mol. The lowest BCUT2D eigenvalue weighted by atomic mass is 9.98. The van der Waals surface area contributed by atoms with Crippen LogP contribution in [0.4, 0.5) is 0 Å². The van der Waals surface area contributed by atoms with Crippen molar-refractivity contribution in [3.8, 4) is 11.5 Å². The molecule has 1 heterocycles. The molecular formula is C15H23BrN2O2. The van der Waals surface area contributed by atoms with Crippen molar-refractivity contribution in [2.75, 3.05) is 47.9 Å². The molecule has 0 saturated carbocycles. The van der Waals surface area contributed by atoms with Gasteiger partial charge in [0.2, 0.25) is 0 Å². The van der Waals surface area contributed by atoms with E-state index >= 15 is 0 Å². The predicted molar refractivity (Wildman–Crippen MR) is 84.8 cm³/mol. The van der Waals surface area contributed by atoms with E-state index in [4.69, 9.17) is 9.47 Å². The summed E-state index contributed by atoms with van der Waals surface area (Å²) in [6.07, 6.45) is 1.05. The van der Waals surface area contributed by atoms with Gasteiger partial charge in [-0.25, -0.2) is 0 Å². The van der Waals surface area contributed by atoms with Crippen LogP contribution >= 0.6 is 15.9 Å². The van der Waals surface area contributed by atoms with Crippen molar-refractivity contribution >= 4 is 15.9 Å². The van der Waals surface area contributed by atoms with E-state index in [1.807, 2.05) is 0 Å². The van der Waals surface area contributed by atoms with Gasteiger partial charge in [0.1, 0.15) is 0 Å². The smallest absolute Gasteiger partial charge is 0.175 e. The average molecular weight is 343 g/mol. The molecule has 5 heteroatoms. The van der Waals surface area contributed by atoms with E-state index in [0.717, 1.165) is 48.6 Å². The molecule has 0 N–H and O–H groups in total. The van der Waals surface area contributed by atoms with E-state index in [1.165, 1.54) is 11.1 Å². The minimum Gasteiger partial charge on any atom is -0.493 e. The average Bonchev–Trinajstić information content (AvgIpc) is 2.44. The molecule has 0 saturated heterocycles. The molecule has 0 atom stereocenters. The monoisotopic (exact) mass is 342 g/mol. The van der Waals surface area contributed by atoms with Gasteiger partial charge >= 0.3 is 0 Å². The molecule has 0 amide bonds. The molecule has 0 fully saturated rings. The second kappa shape index (κ2) is 6.78. The third kappa shape index (κ3) is 3.27. The summed E-state index contributed by atoms with van der Waals surface area (Å²) in [5, 5.41) is 0. The summed E-state index contributed by atoms with van der Waals surface area (Å²) in [5.74, 6) is 1.60. The quantitative estimate of drug-likeness (QED) is 0.820. The Morgan fingerprint density at radius 2 is 2.05 bits per heavy atom. The Balaban J connectivity index is 2.21. The number of hydrogen-bond donors (Lipinski definition) is 0. The van der Waals surface area contributed by atoms with E-state index in [2.05, 4.69) is 45.9 Å². The van der Waals surface area contributed by atoms with Crippen LogP contribution in [0.2, 0.25) is 0 Å². The van der Waals surface area contributed by atoms with Crippen molar-refractivity contribution < 1.29 is 9.47 Å². The second-order valence-electron chi connectivity index (χ2n) is 5.39. The Kier molecular flexibility index (Phi) is 5.29. The minimum absolute atomic E-state index is 0.799. The fraction of sp³-hybridized carbons (Fsp3) is 0.600. The summed E-state index contributed by atoms with van der Waals surface area (Å²) in [5.41, 5.74) is 2.68. The Morgan fingerprint density at radius 1 is 1.30 bits per heavy atom. The second-order valence-corrected chi connectivity index (χ2v) is 6.19. The zero-order valence-corrected chi connectivity index (χ0v) is 14.3. The third-order valence-corrected chi connectivity index (χ3v) is 4.58. The summed E-state index contributed by atoms with van der Waals surface area (Å²) in [6, 6.07) is 2.11. The first-order valence-corrected chi connectivity index (χ1v) is 7.65. The summed E-state index contributed by atoms with van der Waals surface area (Å²) >= 11 is 3.67. The molecule has 0 aromatic heterocycles. The van der Waals surface area contributed by atoms with Gasteiger partial charge in [0.25, 0.3) is 0 Å². The molecule has 4 nitrogen and oxygen atoms in total. The molecule has 0 unspecified atom stereocenters. The number of fused-ring (bicyclic) bond motifs is 1. The lowest BCUT2D eigenvalue weighted by Crippen LogP contribution is -2.36. The van der Waals surface area contributed by atoms with Gasteiger partial charge in [-0.2, -0.15) is 0 Å². The molecule has 1 aromatic carbocycles. The van der Waals surface area contributed by atoms with Gasteiger partial charge in [0, 0.05) is 26.2 Å². The fourth-order valence-corrected chi connectivity index (χ4v) is 3.38. The van der Waals surface area contributed by atoms with Crippen molar-refractivity contribution in [1.82, 2.24) is 9.80 Å². The van der Waals surface area contributed by atoms with E-state index in [0.29, 0.717) is 0 Å². The number of methoxy groups -OCH3 is 2. The van der Waals surface area contributed by atoms with Gasteiger partial charge in [-0.15, -0.1) is 0 Å². The van der Waals surface area contributed by atoms with Crippen LogP contribution in [0.3, 0.4) is 0 Å². The topological polar surface area (TPSA) is 24.9 Å². The highest BCUT2D eigenvalue weighted by Crippen LogP contribution is 2.41. The molecule has 0 spiro atoms. The van der Waals surface area contributed by atoms with Gasteiger partial charge in [0.15, 0.2) is 11.5 Å². The Bertz CT molecular complexity index is 477. The van der Waals surface area contributed by atoms with E-state index in [9.17, 15) is 0 Å². The summed E-state index contributed by atoms with van der Waals surface area (Å²) in [7, 11) is 7.59. The number of benzene rings is 1. The zero-order chi connectivity index (χ0) is 14.7. The third-order valence-electron chi connectivity index (χ3n) is 3.74. The van der Waals surface area contributed by atoms with Crippen molar-refractivity contribution in [3.63, 3.8) is 0 Å². The molecule has 1 aliphatic heterocycles. The van der Waals surface area contributed by atoms with Crippen LogP contribution in [0.15, 0.2) is 10.5 Å². The summed E-state index contributed by atoms with van der Waals surface area (Å²) in [6.45, 7) is 4.25. The molecule has 0 aliphatic carbocycles. The van der Waals surface area contributed by atoms with Gasteiger partial charge in [0.05, 0.1) is 18.7 Å². The van der Waals surface area contributed by atoms with Crippen LogP contribution < -0.4 is 9.47 Å². The first-order valence-electron chi connectivity index (χ1n) is 6.86. The molecule has 1 aromatic rings. The maximum atomic E-state index is 5.45. The number of nitrogens with zero attached hydrogens (tertiary/aromatic N) is 2. The van der Waals surface area contributed by atoms with Gasteiger partial charge in [-0.05, 0) is 53.6 Å². The SMILES string of the molecule is COc1cc2c(c(Br)c1OC)CCN(CCN(C)C)C2. The number of halogens is 1. The number of ether oxygens (including phenoxy) is 2. The predicted octanol–water partition coefficient (Wildman–Crippen LogP) is 2.39. The summed E-state index contributed by atoms with van der Waals surface area (Å²) < 4.78 is 11.9. The maximum absolute atomic E-state index is 5.45. The van der Waals surface area contributed by atoms with Crippen LogP contribution in [0, 0.1) is 0 Å². The van der Waals surface area contributed by atoms with Gasteiger partial charge in [-0.3, -0.25) is 4.90 Å². The normalized spacial score (nSPS) is 15.3. The van der Waals surface area contributed by atoms with Crippen LogP contribution in [0.5, 0.6) is 11.5 Å². The fourth-order valence-electron chi connectivity index (χ4n) is 2.57. The highest BCUT2D eigenvalue weighted by atomic mass is 79.9. The van der Waals surface area contributed by atoms with Crippen molar-refractivity contribution in [3.05, 3.63) is 21.7 Å². The molecule has 1 aliphatic rings. The van der Waals surface area contributed by atoms with E-state index < -0.39 is 0 Å². The molecule has 20 heavy (non-hydrogen) atoms. The van der Waals surface area contributed by atoms with Gasteiger partial charge in [-0.1, -0.05) is 0 Å².